The van der Waals surface area contributed by atoms with Crippen molar-refractivity contribution in [3.63, 3.8) is 0 Å². The zero-order valence-corrected chi connectivity index (χ0v) is 8.49. The Labute approximate surface area is 89.7 Å². The molecule has 1 N–H and O–H groups in total. The number of Topliss-reactive ketones (excluding diaryl/α,β-unsaturated/α-hetero) is 1. The highest BCUT2D eigenvalue weighted by Crippen LogP contribution is 2.17. The fourth-order valence-corrected chi connectivity index (χ4v) is 1.23. The van der Waals surface area contributed by atoms with Crippen LogP contribution in [0.25, 0.3) is 0 Å². The molecule has 0 atom stereocenters. The van der Waals surface area contributed by atoms with Crippen molar-refractivity contribution in [2.24, 2.45) is 0 Å². The average molecular weight is 199 g/mol. The first-order valence-electron chi connectivity index (χ1n) is 5.18. The van der Waals surface area contributed by atoms with Crippen LogP contribution in [-0.2, 0) is 4.79 Å². The van der Waals surface area contributed by atoms with Crippen molar-refractivity contribution in [2.45, 2.75) is 18.9 Å². The minimum Gasteiger partial charge on any atom is -0.306 e. The molecular weight excluding hydrogens is 186 g/mol. The Balaban J connectivity index is 1.84. The standard InChI is InChI=1S/C13H13NO/c15-13(10-14-12-7-8-12)9-6-11-4-2-1-3-5-11/h1-5,12,14H,7-8,10H2. The van der Waals surface area contributed by atoms with Gasteiger partial charge in [-0.15, -0.1) is 0 Å². The molecule has 0 bridgehead atoms. The van der Waals surface area contributed by atoms with Crippen LogP contribution in [-0.4, -0.2) is 18.4 Å². The molecule has 0 amide bonds. The Kier molecular flexibility index (Phi) is 3.16. The highest BCUT2D eigenvalue weighted by Gasteiger charge is 2.20. The van der Waals surface area contributed by atoms with Crippen molar-refractivity contribution in [1.82, 2.24) is 5.32 Å². The lowest BCUT2D eigenvalue weighted by Crippen LogP contribution is -2.23. The average Bonchev–Trinajstić information content (AvgIpc) is 3.09. The molecule has 0 unspecified atom stereocenters. The molecule has 1 aromatic rings. The molecule has 76 valence electrons. The monoisotopic (exact) mass is 199 g/mol. The van der Waals surface area contributed by atoms with Crippen LogP contribution in [0.2, 0.25) is 0 Å². The van der Waals surface area contributed by atoms with E-state index in [9.17, 15) is 4.79 Å². The van der Waals surface area contributed by atoms with Crippen molar-refractivity contribution in [1.29, 1.82) is 0 Å². The number of rotatable bonds is 3. The van der Waals surface area contributed by atoms with Crippen molar-refractivity contribution in [3.05, 3.63) is 35.9 Å². The van der Waals surface area contributed by atoms with Gasteiger partial charge in [-0.3, -0.25) is 4.79 Å². The van der Waals surface area contributed by atoms with Crippen LogP contribution in [0.5, 0.6) is 0 Å². The highest BCUT2D eigenvalue weighted by molar-refractivity contribution is 5.97. The van der Waals surface area contributed by atoms with Gasteiger partial charge in [-0.2, -0.15) is 0 Å². The Morgan fingerprint density at radius 1 is 1.33 bits per heavy atom. The normalized spacial score (nSPS) is 14.1. The SMILES string of the molecule is O=C(C#Cc1ccccc1)CNC1CC1. The predicted molar refractivity (Wildman–Crippen MR) is 59.4 cm³/mol. The summed E-state index contributed by atoms with van der Waals surface area (Å²) < 4.78 is 0. The summed E-state index contributed by atoms with van der Waals surface area (Å²) in [6.45, 7) is 0.379. The molecule has 2 nitrogen and oxygen atoms in total. The largest absolute Gasteiger partial charge is 0.306 e. The second kappa shape index (κ2) is 4.77. The molecule has 0 heterocycles. The summed E-state index contributed by atoms with van der Waals surface area (Å²) in [7, 11) is 0. The number of hydrogen-bond donors (Lipinski definition) is 1. The van der Waals surface area contributed by atoms with Crippen LogP contribution in [0.4, 0.5) is 0 Å². The molecule has 1 saturated carbocycles. The van der Waals surface area contributed by atoms with E-state index in [0.717, 1.165) is 5.56 Å². The van der Waals surface area contributed by atoms with Gasteiger partial charge in [0.2, 0.25) is 5.78 Å². The van der Waals surface area contributed by atoms with Gasteiger partial charge >= 0.3 is 0 Å². The summed E-state index contributed by atoms with van der Waals surface area (Å²) in [5.74, 6) is 5.44. The van der Waals surface area contributed by atoms with E-state index in [1.165, 1.54) is 12.8 Å². The minimum atomic E-state index is -0.0363. The maximum absolute atomic E-state index is 11.3. The quantitative estimate of drug-likeness (QED) is 0.745. The number of carbonyl (C=O) groups excluding carboxylic acids is 1. The maximum atomic E-state index is 11.3. The molecule has 1 fully saturated rings. The second-order valence-electron chi connectivity index (χ2n) is 3.69. The lowest BCUT2D eigenvalue weighted by atomic mass is 10.2. The number of benzene rings is 1. The Morgan fingerprint density at radius 3 is 2.73 bits per heavy atom. The summed E-state index contributed by atoms with van der Waals surface area (Å²) in [5, 5.41) is 3.14. The topological polar surface area (TPSA) is 29.1 Å². The van der Waals surface area contributed by atoms with Gasteiger partial charge in [0.25, 0.3) is 0 Å². The third kappa shape index (κ3) is 3.57. The zero-order chi connectivity index (χ0) is 10.5. The van der Waals surface area contributed by atoms with E-state index in [-0.39, 0.29) is 5.78 Å². The Morgan fingerprint density at radius 2 is 2.07 bits per heavy atom. The van der Waals surface area contributed by atoms with Gasteiger partial charge in [0, 0.05) is 11.6 Å². The fourth-order valence-electron chi connectivity index (χ4n) is 1.23. The molecule has 15 heavy (non-hydrogen) atoms. The van der Waals surface area contributed by atoms with E-state index in [1.807, 2.05) is 30.3 Å². The van der Waals surface area contributed by atoms with Gasteiger partial charge in [-0.25, -0.2) is 0 Å². The highest BCUT2D eigenvalue weighted by atomic mass is 16.1. The molecule has 0 saturated heterocycles. The summed E-state index contributed by atoms with van der Waals surface area (Å²) in [5.41, 5.74) is 0.886. The first-order chi connectivity index (χ1) is 7.34. The molecule has 0 aliphatic heterocycles. The molecule has 0 spiro atoms. The molecule has 2 heteroatoms. The molecule has 1 aliphatic carbocycles. The summed E-state index contributed by atoms with van der Waals surface area (Å²) in [4.78, 5) is 11.3. The number of carbonyl (C=O) groups is 1. The van der Waals surface area contributed by atoms with Gasteiger partial charge in [0.05, 0.1) is 6.54 Å². The van der Waals surface area contributed by atoms with Gasteiger partial charge in [0.1, 0.15) is 0 Å². The van der Waals surface area contributed by atoms with Crippen LogP contribution in [0.3, 0.4) is 0 Å². The van der Waals surface area contributed by atoms with E-state index < -0.39 is 0 Å². The Hall–Kier alpha value is -1.59. The smallest absolute Gasteiger partial charge is 0.219 e. The summed E-state index contributed by atoms with van der Waals surface area (Å²) in [6.07, 6.45) is 2.39. The van der Waals surface area contributed by atoms with Gasteiger partial charge in [-0.1, -0.05) is 24.1 Å². The molecule has 2 rings (SSSR count). The maximum Gasteiger partial charge on any atom is 0.219 e. The molecule has 1 aromatic carbocycles. The van der Waals surface area contributed by atoms with Gasteiger partial charge in [-0.05, 0) is 30.9 Å². The van der Waals surface area contributed by atoms with E-state index in [0.29, 0.717) is 12.6 Å². The summed E-state index contributed by atoms with van der Waals surface area (Å²) >= 11 is 0. The van der Waals surface area contributed by atoms with Crippen LogP contribution in [0, 0.1) is 11.8 Å². The van der Waals surface area contributed by atoms with E-state index >= 15 is 0 Å². The van der Waals surface area contributed by atoms with Crippen molar-refractivity contribution in [2.75, 3.05) is 6.54 Å². The van der Waals surface area contributed by atoms with Crippen LogP contribution < -0.4 is 5.32 Å². The molecular formula is C13H13NO. The number of hydrogen-bond acceptors (Lipinski definition) is 2. The second-order valence-corrected chi connectivity index (χ2v) is 3.69. The first kappa shape index (κ1) is 9.95. The van der Waals surface area contributed by atoms with E-state index in [4.69, 9.17) is 0 Å². The van der Waals surface area contributed by atoms with Crippen molar-refractivity contribution >= 4 is 5.78 Å². The lowest BCUT2D eigenvalue weighted by Gasteiger charge is -1.94. The van der Waals surface area contributed by atoms with Crippen LogP contribution in [0.1, 0.15) is 18.4 Å². The predicted octanol–water partition coefficient (Wildman–Crippen LogP) is 1.36. The number of ketones is 1. The van der Waals surface area contributed by atoms with Crippen LogP contribution in [0.15, 0.2) is 30.3 Å². The van der Waals surface area contributed by atoms with E-state index in [2.05, 4.69) is 17.2 Å². The third-order valence-electron chi connectivity index (χ3n) is 2.25. The van der Waals surface area contributed by atoms with Gasteiger partial charge < -0.3 is 5.32 Å². The fraction of sp³-hybridized carbons (Fsp3) is 0.308. The lowest BCUT2D eigenvalue weighted by molar-refractivity contribution is -0.113. The zero-order valence-electron chi connectivity index (χ0n) is 8.49. The Bertz CT molecular complexity index is 396. The number of nitrogens with one attached hydrogen (secondary N) is 1. The van der Waals surface area contributed by atoms with Crippen LogP contribution >= 0.6 is 0 Å². The van der Waals surface area contributed by atoms with Gasteiger partial charge in [0.15, 0.2) is 0 Å². The molecule has 0 radical (unpaired) electrons. The summed E-state index contributed by atoms with van der Waals surface area (Å²) in [6, 6.07) is 10.1. The molecule has 0 aromatic heterocycles. The third-order valence-corrected chi connectivity index (χ3v) is 2.25. The minimum absolute atomic E-state index is 0.0363. The molecule has 1 aliphatic rings. The first-order valence-corrected chi connectivity index (χ1v) is 5.18. The van der Waals surface area contributed by atoms with Crippen molar-refractivity contribution in [3.8, 4) is 11.8 Å². The van der Waals surface area contributed by atoms with Crippen molar-refractivity contribution < 1.29 is 4.79 Å². The van der Waals surface area contributed by atoms with E-state index in [1.54, 1.807) is 0 Å².